The number of hydrogen-bond donors (Lipinski definition) is 4. The van der Waals surface area contributed by atoms with E-state index in [0.29, 0.717) is 6.42 Å². The number of carbonyl (C=O) groups excluding carboxylic acids is 2. The molecule has 0 aromatic rings. The van der Waals surface area contributed by atoms with Gasteiger partial charge in [-0.1, -0.05) is 52.4 Å². The number of rotatable bonds is 17. The van der Waals surface area contributed by atoms with E-state index in [1.807, 2.05) is 0 Å². The van der Waals surface area contributed by atoms with Crippen LogP contribution < -0.4 is 0 Å². The Hall–Kier alpha value is -1.30. The second-order valence-corrected chi connectivity index (χ2v) is 8.45. The standard InChI is InChI=1S/C23H42O10/c1-3-5-7-9-11-18(25)30-14-16(32-19(26)12-10-8-6-4-2)15-31-23-22(29)21(28)20(27)17(13-24)33-23/h16-17,20-24,27-29H,3-15H2,1-2H3/t16-,17-,20+,21+,22-,23-/m1/s1. The maximum Gasteiger partial charge on any atom is 0.306 e. The lowest BCUT2D eigenvalue weighted by Gasteiger charge is -2.39. The van der Waals surface area contributed by atoms with Crippen LogP contribution in [0.1, 0.15) is 78.1 Å². The van der Waals surface area contributed by atoms with Gasteiger partial charge in [-0.3, -0.25) is 9.59 Å². The zero-order valence-electron chi connectivity index (χ0n) is 19.9. The molecule has 0 amide bonds. The minimum atomic E-state index is -1.58. The van der Waals surface area contributed by atoms with Crippen LogP contribution in [-0.4, -0.2) is 89.0 Å². The van der Waals surface area contributed by atoms with Gasteiger partial charge in [0.25, 0.3) is 0 Å². The highest BCUT2D eigenvalue weighted by molar-refractivity contribution is 5.70. The summed E-state index contributed by atoms with van der Waals surface area (Å²) in [5.41, 5.74) is 0. The minimum absolute atomic E-state index is 0.218. The summed E-state index contributed by atoms with van der Waals surface area (Å²) in [6, 6.07) is 0. The van der Waals surface area contributed by atoms with Gasteiger partial charge in [0.2, 0.25) is 0 Å². The van der Waals surface area contributed by atoms with Crippen molar-refractivity contribution >= 4 is 11.9 Å². The lowest BCUT2D eigenvalue weighted by molar-refractivity contribution is -0.305. The van der Waals surface area contributed by atoms with E-state index in [2.05, 4.69) is 13.8 Å². The van der Waals surface area contributed by atoms with Gasteiger partial charge in [0.05, 0.1) is 13.2 Å². The molecular formula is C23H42O10. The highest BCUT2D eigenvalue weighted by Crippen LogP contribution is 2.22. The Kier molecular flexibility index (Phi) is 15.5. The van der Waals surface area contributed by atoms with Crippen molar-refractivity contribution in [3.05, 3.63) is 0 Å². The van der Waals surface area contributed by atoms with Gasteiger partial charge in [0.1, 0.15) is 31.0 Å². The number of hydrogen-bond acceptors (Lipinski definition) is 10. The van der Waals surface area contributed by atoms with Crippen LogP contribution in [0.2, 0.25) is 0 Å². The van der Waals surface area contributed by atoms with E-state index in [4.69, 9.17) is 18.9 Å². The van der Waals surface area contributed by atoms with Gasteiger partial charge in [-0.15, -0.1) is 0 Å². The maximum atomic E-state index is 12.2. The third-order valence-electron chi connectivity index (χ3n) is 5.49. The molecule has 33 heavy (non-hydrogen) atoms. The molecule has 10 heteroatoms. The molecule has 194 valence electrons. The second kappa shape index (κ2) is 17.2. The Morgan fingerprint density at radius 2 is 1.42 bits per heavy atom. The van der Waals surface area contributed by atoms with Crippen LogP contribution in [0.25, 0.3) is 0 Å². The predicted octanol–water partition coefficient (Wildman–Crippen LogP) is 1.20. The van der Waals surface area contributed by atoms with Crippen molar-refractivity contribution < 1.29 is 49.0 Å². The molecule has 0 aromatic carbocycles. The van der Waals surface area contributed by atoms with Crippen LogP contribution >= 0.6 is 0 Å². The van der Waals surface area contributed by atoms with Crippen LogP contribution in [0.3, 0.4) is 0 Å². The van der Waals surface area contributed by atoms with Crippen molar-refractivity contribution in [3.63, 3.8) is 0 Å². The average molecular weight is 479 g/mol. The molecule has 4 N–H and O–H groups in total. The number of ether oxygens (including phenoxy) is 4. The summed E-state index contributed by atoms with van der Waals surface area (Å²) in [5.74, 6) is -0.851. The lowest BCUT2D eigenvalue weighted by atomic mass is 9.99. The van der Waals surface area contributed by atoms with Gasteiger partial charge in [-0.25, -0.2) is 0 Å². The van der Waals surface area contributed by atoms with E-state index in [1.54, 1.807) is 0 Å². The SMILES string of the molecule is CCCCCCC(=O)OC[C@H](CO[C@@H]1O[C@H](CO)[C@H](O)[C@H](O)[C@H]1O)OC(=O)CCCCCC. The van der Waals surface area contributed by atoms with E-state index < -0.39 is 55.4 Å². The van der Waals surface area contributed by atoms with E-state index in [1.165, 1.54) is 0 Å². The van der Waals surface area contributed by atoms with Gasteiger partial charge < -0.3 is 39.4 Å². The first-order chi connectivity index (χ1) is 15.8. The van der Waals surface area contributed by atoms with Crippen molar-refractivity contribution in [3.8, 4) is 0 Å². The van der Waals surface area contributed by atoms with E-state index in [-0.39, 0.29) is 26.1 Å². The Balaban J connectivity index is 2.60. The fraction of sp³-hybridized carbons (Fsp3) is 0.913. The zero-order chi connectivity index (χ0) is 24.6. The molecule has 0 unspecified atom stereocenters. The normalized spacial score (nSPS) is 26.1. The molecule has 1 aliphatic heterocycles. The van der Waals surface area contributed by atoms with Gasteiger partial charge >= 0.3 is 11.9 Å². The molecule has 1 fully saturated rings. The Morgan fingerprint density at radius 3 is 2.00 bits per heavy atom. The van der Waals surface area contributed by atoms with Crippen LogP contribution in [0.5, 0.6) is 0 Å². The number of esters is 2. The van der Waals surface area contributed by atoms with Crippen molar-refractivity contribution in [1.82, 2.24) is 0 Å². The average Bonchev–Trinajstić information content (AvgIpc) is 2.80. The molecule has 0 bridgehead atoms. The summed E-state index contributed by atoms with van der Waals surface area (Å²) in [5, 5.41) is 39.2. The molecule has 1 heterocycles. The molecule has 1 aliphatic rings. The maximum absolute atomic E-state index is 12.2. The first kappa shape index (κ1) is 29.7. The van der Waals surface area contributed by atoms with E-state index in [0.717, 1.165) is 44.9 Å². The molecule has 0 aliphatic carbocycles. The van der Waals surface area contributed by atoms with Crippen LogP contribution in [0, 0.1) is 0 Å². The Bertz CT molecular complexity index is 541. The molecule has 1 rings (SSSR count). The molecule has 0 saturated carbocycles. The topological polar surface area (TPSA) is 152 Å². The van der Waals surface area contributed by atoms with Crippen molar-refractivity contribution in [1.29, 1.82) is 0 Å². The fourth-order valence-electron chi connectivity index (χ4n) is 3.42. The minimum Gasteiger partial charge on any atom is -0.462 e. The van der Waals surface area contributed by atoms with Gasteiger partial charge in [0, 0.05) is 12.8 Å². The van der Waals surface area contributed by atoms with Crippen molar-refractivity contribution in [2.45, 2.75) is 115 Å². The Morgan fingerprint density at radius 1 is 0.818 bits per heavy atom. The summed E-state index contributed by atoms with van der Waals surface area (Å²) in [7, 11) is 0. The van der Waals surface area contributed by atoms with Crippen LogP contribution in [-0.2, 0) is 28.5 Å². The lowest BCUT2D eigenvalue weighted by Crippen LogP contribution is -2.59. The second-order valence-electron chi connectivity index (χ2n) is 8.45. The first-order valence-electron chi connectivity index (χ1n) is 12.1. The van der Waals surface area contributed by atoms with Gasteiger partial charge in [0.15, 0.2) is 12.4 Å². The van der Waals surface area contributed by atoms with Crippen LogP contribution in [0.4, 0.5) is 0 Å². The summed E-state index contributed by atoms with van der Waals surface area (Å²) in [6.45, 7) is 3.07. The zero-order valence-corrected chi connectivity index (χ0v) is 19.9. The molecule has 1 saturated heterocycles. The fourth-order valence-corrected chi connectivity index (χ4v) is 3.42. The molecule has 0 aromatic heterocycles. The molecule has 0 spiro atoms. The Labute approximate surface area is 196 Å². The summed E-state index contributed by atoms with van der Waals surface area (Å²) in [6.07, 6.45) is -0.185. The predicted molar refractivity (Wildman–Crippen MR) is 118 cm³/mol. The van der Waals surface area contributed by atoms with Gasteiger partial charge in [-0.05, 0) is 12.8 Å². The monoisotopic (exact) mass is 478 g/mol. The number of aliphatic hydroxyl groups excluding tert-OH is 4. The van der Waals surface area contributed by atoms with Crippen LogP contribution in [0.15, 0.2) is 0 Å². The molecule has 10 nitrogen and oxygen atoms in total. The third kappa shape index (κ3) is 11.6. The summed E-state index contributed by atoms with van der Waals surface area (Å²) in [4.78, 5) is 24.2. The highest BCUT2D eigenvalue weighted by atomic mass is 16.7. The van der Waals surface area contributed by atoms with E-state index in [9.17, 15) is 30.0 Å². The highest BCUT2D eigenvalue weighted by Gasteiger charge is 2.44. The quantitative estimate of drug-likeness (QED) is 0.177. The molecule has 0 radical (unpaired) electrons. The largest absolute Gasteiger partial charge is 0.462 e. The summed E-state index contributed by atoms with van der Waals surface area (Å²) >= 11 is 0. The van der Waals surface area contributed by atoms with Crippen molar-refractivity contribution in [2.24, 2.45) is 0 Å². The third-order valence-corrected chi connectivity index (χ3v) is 5.49. The number of carbonyl (C=O) groups is 2. The number of aliphatic hydroxyl groups is 4. The first-order valence-corrected chi connectivity index (χ1v) is 12.1. The van der Waals surface area contributed by atoms with E-state index >= 15 is 0 Å². The van der Waals surface area contributed by atoms with Crippen molar-refractivity contribution in [2.75, 3.05) is 19.8 Å². The van der Waals surface area contributed by atoms with Gasteiger partial charge in [-0.2, -0.15) is 0 Å². The summed E-state index contributed by atoms with van der Waals surface area (Å²) < 4.78 is 21.4. The molecular weight excluding hydrogens is 436 g/mol. The smallest absolute Gasteiger partial charge is 0.306 e. The number of unbranched alkanes of at least 4 members (excludes halogenated alkanes) is 6. The molecule has 6 atom stereocenters.